The van der Waals surface area contributed by atoms with Gasteiger partial charge in [-0.25, -0.2) is 0 Å². The summed E-state index contributed by atoms with van der Waals surface area (Å²) in [5, 5.41) is 14.7. The fraction of sp³-hybridized carbons (Fsp3) is 0.227. The first-order chi connectivity index (χ1) is 15.1. The summed E-state index contributed by atoms with van der Waals surface area (Å²) in [6, 6.07) is 5.13. The predicted molar refractivity (Wildman–Crippen MR) is 115 cm³/mol. The van der Waals surface area contributed by atoms with Crippen LogP contribution in [0.1, 0.15) is 6.92 Å². The third kappa shape index (κ3) is 6.10. The van der Waals surface area contributed by atoms with Crippen molar-refractivity contribution in [2.24, 2.45) is 5.92 Å². The van der Waals surface area contributed by atoms with Crippen LogP contribution in [-0.4, -0.2) is 37.4 Å². The van der Waals surface area contributed by atoms with Gasteiger partial charge in [-0.2, -0.15) is 13.2 Å². The SMILES string of the molecule is C=CC(=O)NC1C=CC=C(NC(=O)/C(C=N)=C(/Nc2ccc(OC)cc2)C(F)(F)F)C1C. The number of halogens is 3. The standard InChI is InChI=1S/C22H23F3N4O3/c1-4-19(30)28-17-6-5-7-18(13(17)2)29-21(31)16(12-26)20(22(23,24)25)27-14-8-10-15(32-3)11-9-14/h4-13,17,26-27H,1H2,2-3H3,(H,28,30)(H,29,31)/b20-16+,26-12?. The topological polar surface area (TPSA) is 103 Å². The zero-order valence-electron chi connectivity index (χ0n) is 17.4. The second-order valence-electron chi connectivity index (χ2n) is 6.77. The van der Waals surface area contributed by atoms with Crippen molar-refractivity contribution >= 4 is 23.7 Å². The smallest absolute Gasteiger partial charge is 0.432 e. The Morgan fingerprint density at radius 3 is 2.38 bits per heavy atom. The summed E-state index contributed by atoms with van der Waals surface area (Å²) in [6.07, 6.45) is 1.27. The fourth-order valence-corrected chi connectivity index (χ4v) is 2.90. The van der Waals surface area contributed by atoms with Gasteiger partial charge in [-0.05, 0) is 36.4 Å². The van der Waals surface area contributed by atoms with Crippen LogP contribution in [0.25, 0.3) is 0 Å². The molecule has 0 fully saturated rings. The summed E-state index contributed by atoms with van der Waals surface area (Å²) in [7, 11) is 1.42. The van der Waals surface area contributed by atoms with E-state index in [1.165, 1.54) is 37.5 Å². The van der Waals surface area contributed by atoms with Gasteiger partial charge in [0.05, 0.1) is 18.7 Å². The number of carbonyl (C=O) groups excluding carboxylic acids is 2. The Hall–Kier alpha value is -3.82. The summed E-state index contributed by atoms with van der Waals surface area (Å²) in [5.74, 6) is -1.54. The lowest BCUT2D eigenvalue weighted by Gasteiger charge is -2.27. The van der Waals surface area contributed by atoms with Gasteiger partial charge < -0.3 is 26.1 Å². The van der Waals surface area contributed by atoms with Crippen molar-refractivity contribution in [3.05, 3.63) is 72.1 Å². The number of anilines is 1. The summed E-state index contributed by atoms with van der Waals surface area (Å²) < 4.78 is 46.2. The van der Waals surface area contributed by atoms with Crippen LogP contribution in [0, 0.1) is 11.3 Å². The zero-order chi connectivity index (χ0) is 23.9. The summed E-state index contributed by atoms with van der Waals surface area (Å²) in [4.78, 5) is 24.3. The number of carbonyl (C=O) groups is 2. The minimum atomic E-state index is -4.93. The minimum Gasteiger partial charge on any atom is -0.497 e. The summed E-state index contributed by atoms with van der Waals surface area (Å²) in [5.41, 5.74) is -1.93. The second kappa shape index (κ2) is 10.5. The molecule has 0 aromatic heterocycles. The van der Waals surface area contributed by atoms with Crippen LogP contribution < -0.4 is 20.7 Å². The molecule has 1 aromatic rings. The van der Waals surface area contributed by atoms with Gasteiger partial charge in [0, 0.05) is 23.5 Å². The number of alkyl halides is 3. The van der Waals surface area contributed by atoms with Crippen molar-refractivity contribution < 1.29 is 27.5 Å². The van der Waals surface area contributed by atoms with E-state index in [4.69, 9.17) is 10.1 Å². The Morgan fingerprint density at radius 2 is 1.84 bits per heavy atom. The molecule has 7 nitrogen and oxygen atoms in total. The molecule has 1 aliphatic carbocycles. The third-order valence-electron chi connectivity index (χ3n) is 4.68. The maximum absolute atomic E-state index is 13.7. The van der Waals surface area contributed by atoms with E-state index in [1.54, 1.807) is 19.1 Å². The average molecular weight is 448 g/mol. The number of amides is 2. The first-order valence-corrected chi connectivity index (χ1v) is 9.46. The summed E-state index contributed by atoms with van der Waals surface area (Å²) >= 11 is 0. The highest BCUT2D eigenvalue weighted by atomic mass is 19.4. The highest BCUT2D eigenvalue weighted by molar-refractivity contribution is 6.13. The molecule has 0 saturated heterocycles. The van der Waals surface area contributed by atoms with Crippen LogP contribution in [0.2, 0.25) is 0 Å². The molecule has 0 spiro atoms. The van der Waals surface area contributed by atoms with Gasteiger partial charge in [0.25, 0.3) is 5.91 Å². The molecular formula is C22H23F3N4O3. The van der Waals surface area contributed by atoms with E-state index < -0.39 is 41.2 Å². The molecule has 1 aliphatic rings. The van der Waals surface area contributed by atoms with Crippen molar-refractivity contribution in [2.75, 3.05) is 12.4 Å². The first-order valence-electron chi connectivity index (χ1n) is 9.46. The molecule has 10 heteroatoms. The number of benzene rings is 1. The van der Waals surface area contributed by atoms with Gasteiger partial charge in [-0.3, -0.25) is 9.59 Å². The van der Waals surface area contributed by atoms with Crippen LogP contribution in [0.15, 0.2) is 72.1 Å². The molecule has 0 heterocycles. The molecule has 0 saturated carbocycles. The van der Waals surface area contributed by atoms with E-state index in [-0.39, 0.29) is 11.4 Å². The van der Waals surface area contributed by atoms with Crippen LogP contribution >= 0.6 is 0 Å². The van der Waals surface area contributed by atoms with E-state index in [1.807, 2.05) is 0 Å². The monoisotopic (exact) mass is 448 g/mol. The largest absolute Gasteiger partial charge is 0.497 e. The molecule has 0 bridgehead atoms. The van der Waals surface area contributed by atoms with Crippen molar-refractivity contribution in [3.63, 3.8) is 0 Å². The van der Waals surface area contributed by atoms with Gasteiger partial charge in [-0.15, -0.1) is 0 Å². The van der Waals surface area contributed by atoms with Crippen molar-refractivity contribution in [1.82, 2.24) is 10.6 Å². The number of ether oxygens (including phenoxy) is 1. The third-order valence-corrected chi connectivity index (χ3v) is 4.68. The van der Waals surface area contributed by atoms with E-state index in [0.717, 1.165) is 6.08 Å². The van der Waals surface area contributed by atoms with Gasteiger partial charge in [0.1, 0.15) is 11.4 Å². The van der Waals surface area contributed by atoms with E-state index in [0.29, 0.717) is 12.0 Å². The highest BCUT2D eigenvalue weighted by Crippen LogP contribution is 2.30. The van der Waals surface area contributed by atoms with Crippen molar-refractivity contribution in [2.45, 2.75) is 19.1 Å². The average Bonchev–Trinajstić information content (AvgIpc) is 2.76. The van der Waals surface area contributed by atoms with E-state index >= 15 is 0 Å². The van der Waals surface area contributed by atoms with E-state index in [2.05, 4.69) is 22.5 Å². The highest BCUT2D eigenvalue weighted by Gasteiger charge is 2.38. The Labute approximate surface area is 183 Å². The van der Waals surface area contributed by atoms with Crippen molar-refractivity contribution in [3.8, 4) is 5.75 Å². The lowest BCUT2D eigenvalue weighted by Crippen LogP contribution is -2.42. The molecule has 2 amide bonds. The number of hydrogen-bond donors (Lipinski definition) is 4. The normalized spacial score (nSPS) is 18.6. The summed E-state index contributed by atoms with van der Waals surface area (Å²) in [6.45, 7) is 5.06. The Bertz CT molecular complexity index is 979. The fourth-order valence-electron chi connectivity index (χ4n) is 2.90. The molecule has 2 atom stereocenters. The van der Waals surface area contributed by atoms with Gasteiger partial charge >= 0.3 is 6.18 Å². The molecule has 0 aliphatic heterocycles. The van der Waals surface area contributed by atoms with Gasteiger partial charge in [-0.1, -0.05) is 25.7 Å². The molecule has 2 rings (SSSR count). The van der Waals surface area contributed by atoms with Crippen molar-refractivity contribution in [1.29, 1.82) is 5.41 Å². The number of nitrogens with one attached hydrogen (secondary N) is 4. The quantitative estimate of drug-likeness (QED) is 0.361. The van der Waals surface area contributed by atoms with E-state index in [9.17, 15) is 22.8 Å². The Morgan fingerprint density at radius 1 is 1.19 bits per heavy atom. The zero-order valence-corrected chi connectivity index (χ0v) is 17.4. The van der Waals surface area contributed by atoms with Crippen LogP contribution in [0.3, 0.4) is 0 Å². The molecular weight excluding hydrogens is 425 g/mol. The number of hydrogen-bond acceptors (Lipinski definition) is 5. The lowest BCUT2D eigenvalue weighted by molar-refractivity contribution is -0.118. The first kappa shape index (κ1) is 24.4. The van der Waals surface area contributed by atoms with Crippen LogP contribution in [-0.2, 0) is 9.59 Å². The maximum Gasteiger partial charge on any atom is 0.432 e. The molecule has 1 aromatic carbocycles. The molecule has 170 valence electrons. The Balaban J connectivity index is 2.30. The molecule has 4 N–H and O–H groups in total. The maximum atomic E-state index is 13.7. The second-order valence-corrected chi connectivity index (χ2v) is 6.77. The number of allylic oxidation sites excluding steroid dienone is 3. The number of methoxy groups -OCH3 is 1. The molecule has 32 heavy (non-hydrogen) atoms. The van der Waals surface area contributed by atoms with Gasteiger partial charge in [0.2, 0.25) is 5.91 Å². The minimum absolute atomic E-state index is 0.0608. The lowest BCUT2D eigenvalue weighted by atomic mass is 9.93. The Kier molecular flexibility index (Phi) is 8.00. The van der Waals surface area contributed by atoms with Crippen LogP contribution in [0.5, 0.6) is 5.75 Å². The van der Waals surface area contributed by atoms with Gasteiger partial charge in [0.15, 0.2) is 0 Å². The number of rotatable bonds is 8. The molecule has 2 unspecified atom stereocenters. The predicted octanol–water partition coefficient (Wildman–Crippen LogP) is 3.45. The molecule has 0 radical (unpaired) electrons. The van der Waals surface area contributed by atoms with Crippen LogP contribution in [0.4, 0.5) is 18.9 Å².